The summed E-state index contributed by atoms with van der Waals surface area (Å²) in [7, 11) is 0. The molecule has 2 fully saturated rings. The van der Waals surface area contributed by atoms with Crippen LogP contribution >= 0.6 is 0 Å². The van der Waals surface area contributed by atoms with E-state index in [-0.39, 0.29) is 6.09 Å². The second-order valence-electron chi connectivity index (χ2n) is 9.37. The molecule has 0 aromatic rings. The number of amides is 1. The first-order valence-corrected chi connectivity index (χ1v) is 9.89. The first-order chi connectivity index (χ1) is 11.2. The molecule has 1 saturated heterocycles. The minimum absolute atomic E-state index is 0.147. The van der Waals surface area contributed by atoms with E-state index in [1.807, 2.05) is 25.7 Å². The normalized spacial score (nSPS) is 28.7. The van der Waals surface area contributed by atoms with Crippen LogP contribution in [0.3, 0.4) is 0 Å². The fourth-order valence-electron chi connectivity index (χ4n) is 4.10. The van der Waals surface area contributed by atoms with Gasteiger partial charge in [-0.2, -0.15) is 0 Å². The van der Waals surface area contributed by atoms with Crippen molar-refractivity contribution < 1.29 is 9.53 Å². The van der Waals surface area contributed by atoms with Gasteiger partial charge in [-0.05, 0) is 64.7 Å². The molecule has 1 aliphatic heterocycles. The maximum Gasteiger partial charge on any atom is 0.410 e. The van der Waals surface area contributed by atoms with Gasteiger partial charge in [0, 0.05) is 31.7 Å². The van der Waals surface area contributed by atoms with Gasteiger partial charge >= 0.3 is 6.09 Å². The van der Waals surface area contributed by atoms with Gasteiger partial charge in [0.05, 0.1) is 0 Å². The van der Waals surface area contributed by atoms with E-state index in [4.69, 9.17) is 4.74 Å². The zero-order chi connectivity index (χ0) is 17.9. The molecule has 1 atom stereocenters. The molecule has 1 heterocycles. The molecule has 4 heteroatoms. The number of likely N-dealkylation sites (tertiary alicyclic amines) is 1. The SMILES string of the molecule is CC(C)CN(C1CCC(C)CC1)[C@H]1CCN(C(=O)OC(C)(C)C)C1. The van der Waals surface area contributed by atoms with E-state index >= 15 is 0 Å². The molecule has 1 saturated carbocycles. The van der Waals surface area contributed by atoms with Crippen LogP contribution in [0.1, 0.15) is 73.6 Å². The molecule has 0 aromatic heterocycles. The number of rotatable bonds is 4. The number of carbonyl (C=O) groups excluding carboxylic acids is 1. The van der Waals surface area contributed by atoms with Crippen LogP contribution < -0.4 is 0 Å². The Morgan fingerprint density at radius 2 is 1.75 bits per heavy atom. The van der Waals surface area contributed by atoms with Gasteiger partial charge < -0.3 is 9.64 Å². The Kier molecular flexibility index (Phi) is 6.58. The highest BCUT2D eigenvalue weighted by Crippen LogP contribution is 2.31. The summed E-state index contributed by atoms with van der Waals surface area (Å²) in [5.41, 5.74) is -0.410. The van der Waals surface area contributed by atoms with E-state index in [1.165, 1.54) is 25.7 Å². The molecule has 0 N–H and O–H groups in total. The largest absolute Gasteiger partial charge is 0.444 e. The van der Waals surface area contributed by atoms with Crippen LogP contribution in [0.15, 0.2) is 0 Å². The molecule has 24 heavy (non-hydrogen) atoms. The molecule has 140 valence electrons. The first kappa shape index (κ1) is 19.6. The molecule has 1 aliphatic carbocycles. The van der Waals surface area contributed by atoms with Crippen LogP contribution in [0.25, 0.3) is 0 Å². The van der Waals surface area contributed by atoms with Gasteiger partial charge in [-0.3, -0.25) is 4.90 Å². The van der Waals surface area contributed by atoms with E-state index in [1.54, 1.807) is 0 Å². The van der Waals surface area contributed by atoms with Gasteiger partial charge in [-0.15, -0.1) is 0 Å². The van der Waals surface area contributed by atoms with Crippen molar-refractivity contribution in [3.05, 3.63) is 0 Å². The van der Waals surface area contributed by atoms with E-state index in [0.29, 0.717) is 18.0 Å². The third-order valence-electron chi connectivity index (χ3n) is 5.31. The van der Waals surface area contributed by atoms with Gasteiger partial charge in [0.25, 0.3) is 0 Å². The molecule has 2 rings (SSSR count). The van der Waals surface area contributed by atoms with Crippen LogP contribution in [0, 0.1) is 11.8 Å². The molecular formula is C20H38N2O2. The monoisotopic (exact) mass is 338 g/mol. The van der Waals surface area contributed by atoms with Gasteiger partial charge in [0.15, 0.2) is 0 Å². The molecule has 1 amide bonds. The van der Waals surface area contributed by atoms with E-state index < -0.39 is 5.60 Å². The van der Waals surface area contributed by atoms with Crippen LogP contribution in [0.5, 0.6) is 0 Å². The first-order valence-electron chi connectivity index (χ1n) is 9.89. The second-order valence-corrected chi connectivity index (χ2v) is 9.37. The average Bonchev–Trinajstić information content (AvgIpc) is 2.93. The summed E-state index contributed by atoms with van der Waals surface area (Å²) in [5.74, 6) is 1.55. The van der Waals surface area contributed by atoms with Crippen LogP contribution in [0.2, 0.25) is 0 Å². The quantitative estimate of drug-likeness (QED) is 0.755. The van der Waals surface area contributed by atoms with Crippen molar-refractivity contribution in [3.8, 4) is 0 Å². The minimum Gasteiger partial charge on any atom is -0.444 e. The summed E-state index contributed by atoms with van der Waals surface area (Å²) in [6.07, 6.45) is 6.27. The van der Waals surface area contributed by atoms with Crippen molar-refractivity contribution in [2.75, 3.05) is 19.6 Å². The fraction of sp³-hybridized carbons (Fsp3) is 0.950. The second kappa shape index (κ2) is 8.07. The number of hydrogen-bond donors (Lipinski definition) is 0. The fourth-order valence-corrected chi connectivity index (χ4v) is 4.10. The van der Waals surface area contributed by atoms with Crippen molar-refractivity contribution in [3.63, 3.8) is 0 Å². The highest BCUT2D eigenvalue weighted by atomic mass is 16.6. The van der Waals surface area contributed by atoms with Gasteiger partial charge in [0.2, 0.25) is 0 Å². The summed E-state index contributed by atoms with van der Waals surface area (Å²) in [6.45, 7) is 15.6. The number of carbonyl (C=O) groups is 1. The molecule has 0 spiro atoms. The lowest BCUT2D eigenvalue weighted by molar-refractivity contribution is 0.0259. The Hall–Kier alpha value is -0.770. The zero-order valence-corrected chi connectivity index (χ0v) is 16.7. The average molecular weight is 339 g/mol. The van der Waals surface area contributed by atoms with Crippen LogP contribution in [0.4, 0.5) is 4.79 Å². The van der Waals surface area contributed by atoms with Crippen molar-refractivity contribution in [1.82, 2.24) is 9.80 Å². The highest BCUT2D eigenvalue weighted by Gasteiger charge is 2.36. The Balaban J connectivity index is 1.97. The summed E-state index contributed by atoms with van der Waals surface area (Å²) in [4.78, 5) is 17.0. The van der Waals surface area contributed by atoms with Gasteiger partial charge in [0.1, 0.15) is 5.60 Å². The lowest BCUT2D eigenvalue weighted by atomic mass is 9.85. The number of nitrogens with zero attached hydrogens (tertiary/aromatic N) is 2. The summed E-state index contributed by atoms with van der Waals surface area (Å²) in [6, 6.07) is 1.20. The zero-order valence-electron chi connectivity index (χ0n) is 16.7. The Bertz CT molecular complexity index is 408. The predicted octanol–water partition coefficient (Wildman–Crippen LogP) is 4.53. The molecule has 0 unspecified atom stereocenters. The minimum atomic E-state index is -0.410. The Labute approximate surface area is 148 Å². The van der Waals surface area contributed by atoms with Gasteiger partial charge in [-0.25, -0.2) is 4.79 Å². The number of ether oxygens (including phenoxy) is 1. The van der Waals surface area contributed by atoms with Gasteiger partial charge in [-0.1, -0.05) is 20.8 Å². The van der Waals surface area contributed by atoms with Crippen LogP contribution in [-0.4, -0.2) is 53.2 Å². The van der Waals surface area contributed by atoms with Crippen LogP contribution in [-0.2, 0) is 4.74 Å². The predicted molar refractivity (Wildman–Crippen MR) is 99.2 cm³/mol. The van der Waals surface area contributed by atoms with E-state index in [0.717, 1.165) is 32.0 Å². The lowest BCUT2D eigenvalue weighted by Gasteiger charge is -2.40. The summed E-state index contributed by atoms with van der Waals surface area (Å²) >= 11 is 0. The van der Waals surface area contributed by atoms with Crippen molar-refractivity contribution in [2.24, 2.45) is 11.8 Å². The van der Waals surface area contributed by atoms with Crippen molar-refractivity contribution >= 4 is 6.09 Å². The summed E-state index contributed by atoms with van der Waals surface area (Å²) in [5, 5.41) is 0. The maximum atomic E-state index is 12.4. The molecule has 4 nitrogen and oxygen atoms in total. The van der Waals surface area contributed by atoms with E-state index in [2.05, 4.69) is 25.7 Å². The van der Waals surface area contributed by atoms with Crippen molar-refractivity contribution in [2.45, 2.75) is 91.3 Å². The Morgan fingerprint density at radius 1 is 1.12 bits per heavy atom. The Morgan fingerprint density at radius 3 is 2.29 bits per heavy atom. The third-order valence-corrected chi connectivity index (χ3v) is 5.31. The molecular weight excluding hydrogens is 300 g/mol. The highest BCUT2D eigenvalue weighted by molar-refractivity contribution is 5.68. The number of hydrogen-bond acceptors (Lipinski definition) is 3. The molecule has 0 bridgehead atoms. The third kappa shape index (κ3) is 5.65. The smallest absolute Gasteiger partial charge is 0.410 e. The molecule has 2 aliphatic rings. The molecule has 0 aromatic carbocycles. The topological polar surface area (TPSA) is 32.8 Å². The van der Waals surface area contributed by atoms with E-state index in [9.17, 15) is 4.79 Å². The lowest BCUT2D eigenvalue weighted by Crippen LogP contribution is -2.48. The van der Waals surface area contributed by atoms with Crippen molar-refractivity contribution in [1.29, 1.82) is 0 Å². The summed E-state index contributed by atoms with van der Waals surface area (Å²) < 4.78 is 5.56. The molecule has 0 radical (unpaired) electrons. The standard InChI is InChI=1S/C20H38N2O2/c1-15(2)13-22(17-9-7-16(3)8-10-17)18-11-12-21(14-18)19(23)24-20(4,5)6/h15-18H,7-14H2,1-6H3/t16?,17?,18-/m0/s1. The maximum absolute atomic E-state index is 12.4.